The van der Waals surface area contributed by atoms with E-state index in [1.807, 2.05) is 43.3 Å². The van der Waals surface area contributed by atoms with Gasteiger partial charge >= 0.3 is 0 Å². The van der Waals surface area contributed by atoms with E-state index in [1.165, 1.54) is 11.8 Å². The molecule has 1 saturated heterocycles. The molecule has 2 aromatic rings. The third kappa shape index (κ3) is 5.50. The molecule has 1 heterocycles. The van der Waals surface area contributed by atoms with Crippen LogP contribution in [0, 0.1) is 0 Å². The molecule has 4 nitrogen and oxygen atoms in total. The minimum Gasteiger partial charge on any atom is -0.494 e. The molecule has 6 heteroatoms. The van der Waals surface area contributed by atoms with Crippen LogP contribution in [0.5, 0.6) is 5.75 Å². The summed E-state index contributed by atoms with van der Waals surface area (Å²) in [5, 5.41) is 3.29. The van der Waals surface area contributed by atoms with Gasteiger partial charge in [-0.05, 0) is 61.7 Å². The lowest BCUT2D eigenvalue weighted by Crippen LogP contribution is -2.50. The highest BCUT2D eigenvalue weighted by molar-refractivity contribution is 9.10. The number of thioether (sulfide) groups is 1. The summed E-state index contributed by atoms with van der Waals surface area (Å²) in [5.74, 6) is 1.27. The summed E-state index contributed by atoms with van der Waals surface area (Å²) in [6.07, 6.45) is 1.56. The first-order valence-corrected chi connectivity index (χ1v) is 10.9. The normalized spacial score (nSPS) is 15.9. The fraction of sp³-hybridized carbons (Fsp3) is 0.381. The second kappa shape index (κ2) is 9.62. The molecule has 0 unspecified atom stereocenters. The number of benzene rings is 2. The molecule has 0 saturated carbocycles. The average molecular weight is 450 g/mol. The fourth-order valence-electron chi connectivity index (χ4n) is 3.24. The quantitative estimate of drug-likeness (QED) is 0.618. The lowest BCUT2D eigenvalue weighted by atomic mass is 9.82. The number of rotatable bonds is 7. The van der Waals surface area contributed by atoms with Crippen LogP contribution in [0.2, 0.25) is 0 Å². The van der Waals surface area contributed by atoms with Crippen molar-refractivity contribution in [3.8, 4) is 5.75 Å². The summed E-state index contributed by atoms with van der Waals surface area (Å²) >= 11 is 5.07. The maximum absolute atomic E-state index is 12.7. The van der Waals surface area contributed by atoms with Crippen molar-refractivity contribution in [1.29, 1.82) is 0 Å². The highest BCUT2D eigenvalue weighted by Crippen LogP contribution is 2.34. The fourth-order valence-corrected chi connectivity index (χ4v) is 4.34. The Labute approximate surface area is 173 Å². The van der Waals surface area contributed by atoms with Gasteiger partial charge in [-0.15, -0.1) is 11.8 Å². The van der Waals surface area contributed by atoms with Crippen LogP contribution in [0.4, 0.5) is 0 Å². The molecule has 1 fully saturated rings. The first-order valence-electron chi connectivity index (χ1n) is 9.12. The molecule has 2 aromatic carbocycles. The van der Waals surface area contributed by atoms with Crippen LogP contribution >= 0.6 is 27.7 Å². The van der Waals surface area contributed by atoms with E-state index in [1.54, 1.807) is 0 Å². The van der Waals surface area contributed by atoms with Crippen LogP contribution in [-0.4, -0.2) is 31.5 Å². The predicted molar refractivity (Wildman–Crippen MR) is 112 cm³/mol. The van der Waals surface area contributed by atoms with Crippen LogP contribution in [-0.2, 0) is 15.1 Å². The molecule has 0 atom stereocenters. The molecule has 0 bridgehead atoms. The van der Waals surface area contributed by atoms with E-state index in [-0.39, 0.29) is 11.4 Å². The summed E-state index contributed by atoms with van der Waals surface area (Å²) in [6, 6.07) is 16.0. The van der Waals surface area contributed by atoms with E-state index < -0.39 is 0 Å². The molecular formula is C21H24BrNO3S. The first kappa shape index (κ1) is 20.2. The van der Waals surface area contributed by atoms with Gasteiger partial charge in [0.05, 0.1) is 17.9 Å². The Kier molecular flexibility index (Phi) is 7.21. The van der Waals surface area contributed by atoms with Gasteiger partial charge in [0.1, 0.15) is 5.75 Å². The zero-order valence-electron chi connectivity index (χ0n) is 15.4. The third-order valence-electron chi connectivity index (χ3n) is 4.61. The average Bonchev–Trinajstić information content (AvgIpc) is 2.68. The summed E-state index contributed by atoms with van der Waals surface area (Å²) in [7, 11) is 0. The van der Waals surface area contributed by atoms with E-state index in [0.29, 0.717) is 25.6 Å². The van der Waals surface area contributed by atoms with Gasteiger partial charge in [-0.2, -0.15) is 0 Å². The number of hydrogen-bond acceptors (Lipinski definition) is 4. The second-order valence-corrected chi connectivity index (χ2v) is 8.41. The number of ether oxygens (including phenoxy) is 2. The van der Waals surface area contributed by atoms with Crippen LogP contribution < -0.4 is 10.1 Å². The Morgan fingerprint density at radius 2 is 1.96 bits per heavy atom. The lowest BCUT2D eigenvalue weighted by molar-refractivity contribution is -0.121. The molecule has 0 radical (unpaired) electrons. The molecule has 0 spiro atoms. The molecule has 0 aromatic heterocycles. The van der Waals surface area contributed by atoms with Crippen molar-refractivity contribution in [1.82, 2.24) is 5.32 Å². The Morgan fingerprint density at radius 1 is 1.22 bits per heavy atom. The molecule has 27 heavy (non-hydrogen) atoms. The van der Waals surface area contributed by atoms with Crippen LogP contribution in [0.3, 0.4) is 0 Å². The number of carbonyl (C=O) groups is 1. The maximum atomic E-state index is 12.7. The summed E-state index contributed by atoms with van der Waals surface area (Å²) < 4.78 is 12.0. The zero-order chi connectivity index (χ0) is 19.1. The predicted octanol–water partition coefficient (Wildman–Crippen LogP) is 4.76. The maximum Gasteiger partial charge on any atom is 0.231 e. The Balaban J connectivity index is 1.64. The molecule has 1 amide bonds. The standard InChI is InChI=1S/C21H24BrNO3S/c1-2-26-18-6-8-19(9-7-18)27-15-20(24)23-21(10-12-25-13-11-21)16-4-3-5-17(22)14-16/h3-9,14H,2,10-13,15H2,1H3,(H,23,24). The first-order chi connectivity index (χ1) is 13.1. The van der Waals surface area contributed by atoms with Gasteiger partial charge in [-0.1, -0.05) is 28.1 Å². The molecule has 144 valence electrons. The molecule has 1 N–H and O–H groups in total. The van der Waals surface area contributed by atoms with Crippen LogP contribution in [0.25, 0.3) is 0 Å². The van der Waals surface area contributed by atoms with Crippen molar-refractivity contribution in [3.63, 3.8) is 0 Å². The molecular weight excluding hydrogens is 426 g/mol. The van der Waals surface area contributed by atoms with Crippen molar-refractivity contribution in [2.45, 2.75) is 30.2 Å². The third-order valence-corrected chi connectivity index (χ3v) is 6.11. The van der Waals surface area contributed by atoms with Gasteiger partial charge in [-0.25, -0.2) is 0 Å². The molecule has 0 aliphatic carbocycles. The van der Waals surface area contributed by atoms with Crippen molar-refractivity contribution in [2.75, 3.05) is 25.6 Å². The van der Waals surface area contributed by atoms with Gasteiger partial charge in [-0.3, -0.25) is 4.79 Å². The number of nitrogens with one attached hydrogen (secondary N) is 1. The number of halogens is 1. The zero-order valence-corrected chi connectivity index (χ0v) is 17.8. The molecule has 3 rings (SSSR count). The second-order valence-electron chi connectivity index (χ2n) is 6.45. The minimum absolute atomic E-state index is 0.0377. The largest absolute Gasteiger partial charge is 0.494 e. The summed E-state index contributed by atoms with van der Waals surface area (Å²) in [5.41, 5.74) is 0.762. The topological polar surface area (TPSA) is 47.6 Å². The van der Waals surface area contributed by atoms with Crippen molar-refractivity contribution in [3.05, 3.63) is 58.6 Å². The Morgan fingerprint density at radius 3 is 2.63 bits per heavy atom. The van der Waals surface area contributed by atoms with E-state index in [4.69, 9.17) is 9.47 Å². The van der Waals surface area contributed by atoms with E-state index >= 15 is 0 Å². The number of carbonyl (C=O) groups excluding carboxylic acids is 1. The van der Waals surface area contributed by atoms with Gasteiger partial charge in [0, 0.05) is 22.6 Å². The Bertz CT molecular complexity index is 760. The SMILES string of the molecule is CCOc1ccc(SCC(=O)NC2(c3cccc(Br)c3)CCOCC2)cc1. The highest BCUT2D eigenvalue weighted by atomic mass is 79.9. The van der Waals surface area contributed by atoms with Crippen LogP contribution in [0.15, 0.2) is 57.9 Å². The van der Waals surface area contributed by atoms with Gasteiger partial charge in [0.15, 0.2) is 0 Å². The smallest absolute Gasteiger partial charge is 0.231 e. The van der Waals surface area contributed by atoms with E-state index in [2.05, 4.69) is 33.4 Å². The van der Waals surface area contributed by atoms with Crippen molar-refractivity contribution < 1.29 is 14.3 Å². The lowest BCUT2D eigenvalue weighted by Gasteiger charge is -2.38. The minimum atomic E-state index is -0.363. The monoisotopic (exact) mass is 449 g/mol. The molecule has 1 aliphatic heterocycles. The number of hydrogen-bond donors (Lipinski definition) is 1. The number of amides is 1. The summed E-state index contributed by atoms with van der Waals surface area (Å²) in [4.78, 5) is 13.8. The Hall–Kier alpha value is -1.50. The van der Waals surface area contributed by atoms with E-state index in [9.17, 15) is 4.79 Å². The van der Waals surface area contributed by atoms with Gasteiger partial charge < -0.3 is 14.8 Å². The van der Waals surface area contributed by atoms with Crippen molar-refractivity contribution >= 4 is 33.6 Å². The van der Waals surface area contributed by atoms with Crippen LogP contribution in [0.1, 0.15) is 25.3 Å². The van der Waals surface area contributed by atoms with Gasteiger partial charge in [0.2, 0.25) is 5.91 Å². The highest BCUT2D eigenvalue weighted by Gasteiger charge is 2.36. The summed E-state index contributed by atoms with van der Waals surface area (Å²) in [6.45, 7) is 3.92. The molecule has 1 aliphatic rings. The van der Waals surface area contributed by atoms with E-state index in [0.717, 1.165) is 33.5 Å². The van der Waals surface area contributed by atoms with Gasteiger partial charge in [0.25, 0.3) is 0 Å². The van der Waals surface area contributed by atoms with Crippen molar-refractivity contribution in [2.24, 2.45) is 0 Å².